The summed E-state index contributed by atoms with van der Waals surface area (Å²) in [5.41, 5.74) is 0.891. The molecule has 25 heavy (non-hydrogen) atoms. The van der Waals surface area contributed by atoms with Crippen LogP contribution in [0.1, 0.15) is 38.2 Å². The van der Waals surface area contributed by atoms with Crippen LogP contribution in [-0.2, 0) is 10.5 Å². The Labute approximate surface area is 151 Å². The minimum Gasteiger partial charge on any atom is -0.493 e. The van der Waals surface area contributed by atoms with Gasteiger partial charge < -0.3 is 14.8 Å². The molecule has 4 nitrogen and oxygen atoms in total. The van der Waals surface area contributed by atoms with Gasteiger partial charge in [0.1, 0.15) is 0 Å². The number of ether oxygens (including phenoxy) is 2. The molecule has 0 saturated heterocycles. The minimum atomic E-state index is -2.89. The zero-order chi connectivity index (χ0) is 18.2. The van der Waals surface area contributed by atoms with Crippen molar-refractivity contribution in [3.8, 4) is 11.5 Å². The lowest BCUT2D eigenvalue weighted by Gasteiger charge is -2.29. The van der Waals surface area contributed by atoms with Gasteiger partial charge in [0.15, 0.2) is 11.5 Å². The van der Waals surface area contributed by atoms with Gasteiger partial charge in [0.25, 0.3) is 0 Å². The number of alkyl halides is 2. The average Bonchev–Trinajstić information content (AvgIpc) is 2.57. The lowest BCUT2D eigenvalue weighted by Crippen LogP contribution is -2.41. The Balaban J connectivity index is 1.79. The van der Waals surface area contributed by atoms with Crippen LogP contribution < -0.4 is 14.8 Å². The van der Waals surface area contributed by atoms with E-state index in [0.717, 1.165) is 12.0 Å². The monoisotopic (exact) mass is 373 g/mol. The van der Waals surface area contributed by atoms with Gasteiger partial charge in [-0.05, 0) is 36.5 Å². The lowest BCUT2D eigenvalue weighted by molar-refractivity contribution is -0.119. The molecule has 1 N–H and O–H groups in total. The fourth-order valence-electron chi connectivity index (χ4n) is 3.04. The van der Waals surface area contributed by atoms with E-state index in [4.69, 9.17) is 4.74 Å². The summed E-state index contributed by atoms with van der Waals surface area (Å²) in [7, 11) is 1.41. The highest BCUT2D eigenvalue weighted by molar-refractivity contribution is 7.99. The third-order valence-corrected chi connectivity index (χ3v) is 5.41. The predicted molar refractivity (Wildman–Crippen MR) is 95.4 cm³/mol. The summed E-state index contributed by atoms with van der Waals surface area (Å²) in [4.78, 5) is 12.1. The van der Waals surface area contributed by atoms with Crippen LogP contribution in [-0.4, -0.2) is 31.4 Å². The maximum absolute atomic E-state index is 12.3. The number of amides is 1. The van der Waals surface area contributed by atoms with E-state index in [0.29, 0.717) is 17.4 Å². The molecule has 0 aliphatic heterocycles. The second kappa shape index (κ2) is 9.85. The van der Waals surface area contributed by atoms with Crippen LogP contribution in [0, 0.1) is 5.92 Å². The molecule has 0 bridgehead atoms. The molecule has 0 spiro atoms. The van der Waals surface area contributed by atoms with Crippen LogP contribution in [0.5, 0.6) is 11.5 Å². The Morgan fingerprint density at radius 3 is 2.76 bits per heavy atom. The molecule has 1 fully saturated rings. The van der Waals surface area contributed by atoms with Gasteiger partial charge in [0, 0.05) is 11.8 Å². The van der Waals surface area contributed by atoms with Gasteiger partial charge in [-0.2, -0.15) is 8.78 Å². The second-order valence-electron chi connectivity index (χ2n) is 6.29. The molecule has 0 unspecified atom stereocenters. The first-order valence-corrected chi connectivity index (χ1v) is 9.64. The first-order chi connectivity index (χ1) is 12.0. The first-order valence-electron chi connectivity index (χ1n) is 8.48. The van der Waals surface area contributed by atoms with E-state index in [2.05, 4.69) is 17.0 Å². The molecular formula is C18H25F2NO3S. The number of benzene rings is 1. The number of carbonyl (C=O) groups excluding carboxylic acids is 1. The molecule has 1 amide bonds. The van der Waals surface area contributed by atoms with Gasteiger partial charge in [-0.1, -0.05) is 25.8 Å². The molecule has 0 radical (unpaired) electrons. The van der Waals surface area contributed by atoms with Crippen LogP contribution in [0.4, 0.5) is 8.78 Å². The number of methoxy groups -OCH3 is 1. The summed E-state index contributed by atoms with van der Waals surface area (Å²) >= 11 is 1.49. The molecule has 2 atom stereocenters. The van der Waals surface area contributed by atoms with Crippen LogP contribution in [0.25, 0.3) is 0 Å². The largest absolute Gasteiger partial charge is 0.493 e. The summed E-state index contributed by atoms with van der Waals surface area (Å²) < 4.78 is 34.1. The summed E-state index contributed by atoms with van der Waals surface area (Å²) in [6.45, 7) is -0.702. The SMILES string of the molecule is COc1cc(CSCC(=O)N[C@@H]2CCCC[C@H]2C)ccc1OC(F)F. The van der Waals surface area contributed by atoms with E-state index in [-0.39, 0.29) is 23.4 Å². The van der Waals surface area contributed by atoms with Crippen LogP contribution in [0.15, 0.2) is 18.2 Å². The van der Waals surface area contributed by atoms with E-state index in [1.54, 1.807) is 12.1 Å². The number of halogens is 2. The van der Waals surface area contributed by atoms with Crippen molar-refractivity contribution in [1.82, 2.24) is 5.32 Å². The molecule has 1 aromatic carbocycles. The van der Waals surface area contributed by atoms with Crippen molar-refractivity contribution in [3.05, 3.63) is 23.8 Å². The molecular weight excluding hydrogens is 348 g/mol. The normalized spacial score (nSPS) is 20.4. The van der Waals surface area contributed by atoms with Gasteiger partial charge in [0.2, 0.25) is 5.91 Å². The highest BCUT2D eigenvalue weighted by Crippen LogP contribution is 2.30. The number of hydrogen-bond donors (Lipinski definition) is 1. The van der Waals surface area contributed by atoms with Crippen molar-refractivity contribution in [2.75, 3.05) is 12.9 Å². The summed E-state index contributed by atoms with van der Waals surface area (Å²) in [6.07, 6.45) is 4.65. The number of nitrogens with one attached hydrogen (secondary N) is 1. The summed E-state index contributed by atoms with van der Waals surface area (Å²) in [6, 6.07) is 5.11. The second-order valence-corrected chi connectivity index (χ2v) is 7.28. The topological polar surface area (TPSA) is 47.6 Å². The van der Waals surface area contributed by atoms with Gasteiger partial charge in [-0.3, -0.25) is 4.79 Å². The number of carbonyl (C=O) groups is 1. The number of thioether (sulfide) groups is 1. The third kappa shape index (κ3) is 6.38. The van der Waals surface area contributed by atoms with Crippen molar-refractivity contribution >= 4 is 17.7 Å². The van der Waals surface area contributed by atoms with Crippen molar-refractivity contribution in [2.24, 2.45) is 5.92 Å². The summed E-state index contributed by atoms with van der Waals surface area (Å²) in [5, 5.41) is 3.12. The van der Waals surface area contributed by atoms with Gasteiger partial charge in [-0.15, -0.1) is 11.8 Å². The quantitative estimate of drug-likeness (QED) is 0.741. The van der Waals surface area contributed by atoms with Gasteiger partial charge >= 0.3 is 6.61 Å². The molecule has 1 aliphatic carbocycles. The standard InChI is InChI=1S/C18H25F2NO3S/c1-12-5-3-4-6-14(12)21-17(22)11-25-10-13-7-8-15(24-18(19)20)16(9-13)23-2/h7-9,12,14,18H,3-6,10-11H2,1-2H3,(H,21,22)/t12-,14-/m1/s1. The smallest absolute Gasteiger partial charge is 0.387 e. The van der Waals surface area contributed by atoms with E-state index in [9.17, 15) is 13.6 Å². The molecule has 7 heteroatoms. The Morgan fingerprint density at radius 2 is 2.08 bits per heavy atom. The Morgan fingerprint density at radius 1 is 1.32 bits per heavy atom. The third-order valence-electron chi connectivity index (χ3n) is 4.40. The van der Waals surface area contributed by atoms with Crippen molar-refractivity contribution < 1.29 is 23.0 Å². The molecule has 0 heterocycles. The Kier molecular flexibility index (Phi) is 7.81. The minimum absolute atomic E-state index is 0.00952. The van der Waals surface area contributed by atoms with E-state index < -0.39 is 6.61 Å². The highest BCUT2D eigenvalue weighted by Gasteiger charge is 2.22. The van der Waals surface area contributed by atoms with Crippen LogP contribution >= 0.6 is 11.8 Å². The summed E-state index contributed by atoms with van der Waals surface area (Å²) in [5.74, 6) is 1.83. The van der Waals surface area contributed by atoms with Crippen molar-refractivity contribution in [2.45, 2.75) is 51.0 Å². The Hall–Kier alpha value is -1.50. The van der Waals surface area contributed by atoms with Gasteiger partial charge in [0.05, 0.1) is 12.9 Å². The fourth-order valence-corrected chi connectivity index (χ4v) is 3.82. The van der Waals surface area contributed by atoms with Crippen molar-refractivity contribution in [3.63, 3.8) is 0 Å². The molecule has 140 valence electrons. The fraction of sp³-hybridized carbons (Fsp3) is 0.611. The van der Waals surface area contributed by atoms with E-state index in [1.807, 2.05) is 0 Å². The number of hydrogen-bond acceptors (Lipinski definition) is 4. The molecule has 1 aromatic rings. The maximum Gasteiger partial charge on any atom is 0.387 e. The lowest BCUT2D eigenvalue weighted by atomic mass is 9.86. The zero-order valence-electron chi connectivity index (χ0n) is 14.6. The molecule has 0 aromatic heterocycles. The Bertz CT molecular complexity index is 571. The molecule has 1 aliphatic rings. The molecule has 2 rings (SSSR count). The number of rotatable bonds is 8. The van der Waals surface area contributed by atoms with Gasteiger partial charge in [-0.25, -0.2) is 0 Å². The average molecular weight is 373 g/mol. The van der Waals surface area contributed by atoms with Crippen LogP contribution in [0.3, 0.4) is 0 Å². The predicted octanol–water partition coefficient (Wildman–Crippen LogP) is 4.22. The van der Waals surface area contributed by atoms with Crippen molar-refractivity contribution in [1.29, 1.82) is 0 Å². The van der Waals surface area contributed by atoms with E-state index in [1.165, 1.54) is 44.2 Å². The molecule has 1 saturated carbocycles. The van der Waals surface area contributed by atoms with E-state index >= 15 is 0 Å². The highest BCUT2D eigenvalue weighted by atomic mass is 32.2. The maximum atomic E-state index is 12.3. The first kappa shape index (κ1) is 19.8. The zero-order valence-corrected chi connectivity index (χ0v) is 15.4. The van der Waals surface area contributed by atoms with Crippen LogP contribution in [0.2, 0.25) is 0 Å².